The lowest BCUT2D eigenvalue weighted by Gasteiger charge is -2.39. The molecule has 0 saturated carbocycles. The number of nitrogens with zero attached hydrogens (tertiary/aromatic N) is 2. The fraction of sp³-hybridized carbons (Fsp3) is 0.652. The second-order valence-corrected chi connectivity index (χ2v) is 7.73. The molecule has 1 unspecified atom stereocenters. The number of amides is 1. The van der Waals surface area contributed by atoms with E-state index >= 15 is 0 Å². The van der Waals surface area contributed by atoms with Crippen LogP contribution in [0, 0.1) is 5.92 Å². The van der Waals surface area contributed by atoms with Crippen LogP contribution < -0.4 is 20.7 Å². The van der Waals surface area contributed by atoms with Crippen LogP contribution in [0.25, 0.3) is 0 Å². The number of hydrogen-bond donors (Lipinski definition) is 3. The second kappa shape index (κ2) is 16.1. The number of carbonyl (C=O) groups is 1. The fourth-order valence-corrected chi connectivity index (χ4v) is 3.96. The lowest BCUT2D eigenvalue weighted by molar-refractivity contribution is -0.114. The van der Waals surface area contributed by atoms with E-state index in [2.05, 4.69) is 39.7 Å². The van der Waals surface area contributed by atoms with Crippen LogP contribution in [-0.2, 0) is 9.53 Å². The molecule has 8 nitrogen and oxygen atoms in total. The molecule has 3 N–H and O–H groups in total. The van der Waals surface area contributed by atoms with Gasteiger partial charge in [0.2, 0.25) is 5.91 Å². The number of halogens is 1. The minimum atomic E-state index is -0.0996. The molecule has 0 spiro atoms. The third-order valence-electron chi connectivity index (χ3n) is 5.63. The van der Waals surface area contributed by atoms with E-state index in [1.54, 1.807) is 7.05 Å². The van der Waals surface area contributed by atoms with Gasteiger partial charge in [-0.3, -0.25) is 14.7 Å². The van der Waals surface area contributed by atoms with Crippen molar-refractivity contribution in [3.05, 3.63) is 24.3 Å². The molecule has 1 saturated heterocycles. The molecule has 0 aromatic heterocycles. The molecule has 32 heavy (non-hydrogen) atoms. The normalized spacial score (nSPS) is 15.6. The average Bonchev–Trinajstić information content (AvgIpc) is 2.78. The van der Waals surface area contributed by atoms with Crippen LogP contribution in [0.4, 0.5) is 5.69 Å². The van der Waals surface area contributed by atoms with Crippen molar-refractivity contribution in [1.82, 2.24) is 15.5 Å². The zero-order chi connectivity index (χ0) is 22.5. The van der Waals surface area contributed by atoms with Gasteiger partial charge < -0.3 is 25.4 Å². The molecule has 0 aliphatic carbocycles. The number of hydrogen-bond acceptors (Lipinski definition) is 5. The van der Waals surface area contributed by atoms with E-state index in [0.29, 0.717) is 25.1 Å². The Labute approximate surface area is 209 Å². The molecule has 182 valence electrons. The summed E-state index contributed by atoms with van der Waals surface area (Å²) in [6.45, 7) is 11.6. The van der Waals surface area contributed by atoms with Gasteiger partial charge in [-0.1, -0.05) is 32.8 Å². The zero-order valence-electron chi connectivity index (χ0n) is 19.9. The Hall–Kier alpha value is -1.59. The van der Waals surface area contributed by atoms with Crippen molar-refractivity contribution in [1.29, 1.82) is 0 Å². The van der Waals surface area contributed by atoms with Crippen molar-refractivity contribution in [2.75, 3.05) is 58.4 Å². The highest BCUT2D eigenvalue weighted by Gasteiger charge is 2.26. The number of morpholine rings is 1. The van der Waals surface area contributed by atoms with Crippen LogP contribution in [0.15, 0.2) is 29.3 Å². The lowest BCUT2D eigenvalue weighted by Crippen LogP contribution is -2.53. The van der Waals surface area contributed by atoms with Gasteiger partial charge in [0, 0.05) is 51.4 Å². The first-order valence-corrected chi connectivity index (χ1v) is 11.3. The van der Waals surface area contributed by atoms with Gasteiger partial charge in [0.25, 0.3) is 0 Å². The molecule has 1 aromatic carbocycles. The number of benzene rings is 1. The largest absolute Gasteiger partial charge is 0.492 e. The first kappa shape index (κ1) is 28.4. The summed E-state index contributed by atoms with van der Waals surface area (Å²) in [5, 5.41) is 9.58. The Bertz CT molecular complexity index is 694. The number of rotatable bonds is 11. The number of aliphatic imine (C=N–C) groups is 1. The van der Waals surface area contributed by atoms with Crippen molar-refractivity contribution in [2.45, 2.75) is 39.7 Å². The van der Waals surface area contributed by atoms with Gasteiger partial charge in [-0.15, -0.1) is 24.0 Å². The number of nitrogens with one attached hydrogen (secondary N) is 3. The maximum Gasteiger partial charge on any atom is 0.221 e. The van der Waals surface area contributed by atoms with E-state index in [1.165, 1.54) is 6.92 Å². The Morgan fingerprint density at radius 2 is 1.94 bits per heavy atom. The zero-order valence-corrected chi connectivity index (χ0v) is 22.2. The van der Waals surface area contributed by atoms with Crippen LogP contribution in [-0.4, -0.2) is 75.9 Å². The minimum absolute atomic E-state index is 0. The summed E-state index contributed by atoms with van der Waals surface area (Å²) in [6, 6.07) is 7.85. The van der Waals surface area contributed by atoms with Crippen molar-refractivity contribution in [3.8, 4) is 5.75 Å². The number of ether oxygens (including phenoxy) is 2. The van der Waals surface area contributed by atoms with Gasteiger partial charge >= 0.3 is 0 Å². The molecule has 2 rings (SSSR count). The third-order valence-corrected chi connectivity index (χ3v) is 5.63. The standard InChI is InChI=1S/C23H39N5O3.HI/c1-5-19(6-2)22(28-11-14-30-15-12-28)17-26-23(24-4)25-10-13-31-21-9-7-8-20(16-21)27-18(3)29;/h7-9,16,19,22H,5-6,10-15,17H2,1-4H3,(H,27,29)(H2,24,25,26);1H. The summed E-state index contributed by atoms with van der Waals surface area (Å²) in [5.41, 5.74) is 0.728. The van der Waals surface area contributed by atoms with Crippen LogP contribution in [0.3, 0.4) is 0 Å². The average molecular weight is 562 g/mol. The van der Waals surface area contributed by atoms with Gasteiger partial charge in [-0.25, -0.2) is 0 Å². The first-order valence-electron chi connectivity index (χ1n) is 11.3. The summed E-state index contributed by atoms with van der Waals surface area (Å²) in [6.07, 6.45) is 2.33. The van der Waals surface area contributed by atoms with E-state index in [9.17, 15) is 4.79 Å². The highest BCUT2D eigenvalue weighted by Crippen LogP contribution is 2.20. The predicted octanol–water partition coefficient (Wildman–Crippen LogP) is 2.94. The molecule has 9 heteroatoms. The molecule has 1 aliphatic heterocycles. The van der Waals surface area contributed by atoms with Crippen molar-refractivity contribution < 1.29 is 14.3 Å². The second-order valence-electron chi connectivity index (χ2n) is 7.73. The molecular weight excluding hydrogens is 521 g/mol. The molecule has 1 aliphatic rings. The highest BCUT2D eigenvalue weighted by molar-refractivity contribution is 14.0. The van der Waals surface area contributed by atoms with Crippen LogP contribution in [0.1, 0.15) is 33.6 Å². The molecule has 0 bridgehead atoms. The van der Waals surface area contributed by atoms with E-state index in [0.717, 1.165) is 63.1 Å². The first-order chi connectivity index (χ1) is 15.1. The van der Waals surface area contributed by atoms with Crippen molar-refractivity contribution in [3.63, 3.8) is 0 Å². The number of guanidine groups is 1. The van der Waals surface area contributed by atoms with E-state index in [1.807, 2.05) is 24.3 Å². The topological polar surface area (TPSA) is 87.2 Å². The summed E-state index contributed by atoms with van der Waals surface area (Å²) in [7, 11) is 1.79. The molecule has 1 amide bonds. The highest BCUT2D eigenvalue weighted by atomic mass is 127. The molecule has 1 aromatic rings. The SMILES string of the molecule is CCC(CC)C(CNC(=NC)NCCOc1cccc(NC(C)=O)c1)N1CCOCC1.I. The minimum Gasteiger partial charge on any atom is -0.492 e. The summed E-state index contributed by atoms with van der Waals surface area (Å²) < 4.78 is 11.3. The van der Waals surface area contributed by atoms with E-state index in [-0.39, 0.29) is 29.9 Å². The lowest BCUT2D eigenvalue weighted by atomic mass is 9.92. The van der Waals surface area contributed by atoms with Gasteiger partial charge in [0.05, 0.1) is 19.8 Å². The van der Waals surface area contributed by atoms with Gasteiger partial charge in [0.1, 0.15) is 12.4 Å². The van der Waals surface area contributed by atoms with Crippen LogP contribution >= 0.6 is 24.0 Å². The monoisotopic (exact) mass is 561 g/mol. The smallest absolute Gasteiger partial charge is 0.221 e. The molecule has 1 atom stereocenters. The number of carbonyl (C=O) groups excluding carboxylic acids is 1. The maximum absolute atomic E-state index is 11.2. The maximum atomic E-state index is 11.2. The molecule has 1 fully saturated rings. The molecule has 0 radical (unpaired) electrons. The summed E-state index contributed by atoms with van der Waals surface area (Å²) in [5.74, 6) is 2.04. The van der Waals surface area contributed by atoms with Crippen LogP contribution in [0.2, 0.25) is 0 Å². The molecular formula is C23H40IN5O3. The van der Waals surface area contributed by atoms with Gasteiger partial charge in [-0.05, 0) is 18.1 Å². The Kier molecular flexibility index (Phi) is 14.3. The van der Waals surface area contributed by atoms with Crippen molar-refractivity contribution >= 4 is 41.5 Å². The Morgan fingerprint density at radius 1 is 1.22 bits per heavy atom. The summed E-state index contributed by atoms with van der Waals surface area (Å²) >= 11 is 0. The predicted molar refractivity (Wildman–Crippen MR) is 141 cm³/mol. The van der Waals surface area contributed by atoms with Gasteiger partial charge in [0.15, 0.2) is 5.96 Å². The number of anilines is 1. The van der Waals surface area contributed by atoms with Crippen molar-refractivity contribution in [2.24, 2.45) is 10.9 Å². The third kappa shape index (κ3) is 9.91. The Balaban J connectivity index is 0.00000512. The van der Waals surface area contributed by atoms with E-state index < -0.39 is 0 Å². The van der Waals surface area contributed by atoms with E-state index in [4.69, 9.17) is 9.47 Å². The van der Waals surface area contributed by atoms with Crippen LogP contribution in [0.5, 0.6) is 5.75 Å². The van der Waals surface area contributed by atoms with Gasteiger partial charge in [-0.2, -0.15) is 0 Å². The molecule has 1 heterocycles. The summed E-state index contributed by atoms with van der Waals surface area (Å²) in [4.78, 5) is 18.1. The quantitative estimate of drug-likeness (QED) is 0.167. The fourth-order valence-electron chi connectivity index (χ4n) is 3.96. The Morgan fingerprint density at radius 3 is 2.56 bits per heavy atom.